The molecule has 0 unspecified atom stereocenters. The second kappa shape index (κ2) is 6.35. The highest BCUT2D eigenvalue weighted by Gasteiger charge is 2.06. The Balaban J connectivity index is 2.37. The predicted molar refractivity (Wildman–Crippen MR) is 56.0 cm³/mol. The molecule has 0 aromatic heterocycles. The molecule has 0 heterocycles. The van der Waals surface area contributed by atoms with Gasteiger partial charge in [0.25, 0.3) is 0 Å². The van der Waals surface area contributed by atoms with Gasteiger partial charge in [0.15, 0.2) is 0 Å². The zero-order valence-corrected chi connectivity index (χ0v) is 8.72. The van der Waals surface area contributed by atoms with Crippen molar-refractivity contribution in [2.24, 2.45) is 0 Å². The molecule has 2 nitrogen and oxygen atoms in total. The minimum absolute atomic E-state index is 0.0856. The minimum atomic E-state index is -0.578. The van der Waals surface area contributed by atoms with Crippen molar-refractivity contribution in [2.45, 2.75) is 13.3 Å². The first-order valence-electron chi connectivity index (χ1n) is 5.01. The Kier molecular flexibility index (Phi) is 5.04. The van der Waals surface area contributed by atoms with E-state index >= 15 is 0 Å². The quantitative estimate of drug-likeness (QED) is 0.737. The van der Waals surface area contributed by atoms with Crippen molar-refractivity contribution in [1.82, 2.24) is 0 Å². The smallest absolute Gasteiger partial charge is 0.149 e. The SMILES string of the molecule is CCCOCCNc1c(F)cccc1F. The molecule has 0 spiro atoms. The van der Waals surface area contributed by atoms with Gasteiger partial charge in [0.1, 0.15) is 17.3 Å². The predicted octanol–water partition coefficient (Wildman–Crippen LogP) is 2.80. The van der Waals surface area contributed by atoms with Gasteiger partial charge in [0, 0.05) is 13.2 Å². The van der Waals surface area contributed by atoms with Crippen molar-refractivity contribution in [1.29, 1.82) is 0 Å². The van der Waals surface area contributed by atoms with Gasteiger partial charge >= 0.3 is 0 Å². The van der Waals surface area contributed by atoms with E-state index < -0.39 is 11.6 Å². The molecule has 0 saturated heterocycles. The monoisotopic (exact) mass is 215 g/mol. The van der Waals surface area contributed by atoms with Crippen LogP contribution in [-0.2, 0) is 4.74 Å². The summed E-state index contributed by atoms with van der Waals surface area (Å²) in [5, 5.41) is 2.67. The summed E-state index contributed by atoms with van der Waals surface area (Å²) in [5.74, 6) is -1.16. The Hall–Kier alpha value is -1.16. The van der Waals surface area contributed by atoms with Crippen LogP contribution in [0.15, 0.2) is 18.2 Å². The van der Waals surface area contributed by atoms with E-state index in [1.807, 2.05) is 6.92 Å². The lowest BCUT2D eigenvalue weighted by molar-refractivity contribution is 0.144. The summed E-state index contributed by atoms with van der Waals surface area (Å²) in [5.41, 5.74) is -0.0856. The van der Waals surface area contributed by atoms with Gasteiger partial charge in [0.2, 0.25) is 0 Å². The first kappa shape index (κ1) is 11.9. The number of anilines is 1. The van der Waals surface area contributed by atoms with Crippen molar-refractivity contribution in [3.05, 3.63) is 29.8 Å². The largest absolute Gasteiger partial charge is 0.380 e. The van der Waals surface area contributed by atoms with Crippen molar-refractivity contribution >= 4 is 5.69 Å². The maximum atomic E-state index is 13.1. The Morgan fingerprint density at radius 1 is 1.20 bits per heavy atom. The van der Waals surface area contributed by atoms with Crippen LogP contribution in [-0.4, -0.2) is 19.8 Å². The molecule has 0 fully saturated rings. The van der Waals surface area contributed by atoms with E-state index in [0.717, 1.165) is 6.42 Å². The van der Waals surface area contributed by atoms with Crippen molar-refractivity contribution in [2.75, 3.05) is 25.1 Å². The highest BCUT2D eigenvalue weighted by atomic mass is 19.1. The first-order valence-corrected chi connectivity index (χ1v) is 5.01. The highest BCUT2D eigenvalue weighted by molar-refractivity contribution is 5.45. The van der Waals surface area contributed by atoms with Crippen LogP contribution in [0.25, 0.3) is 0 Å². The third-order valence-electron chi connectivity index (χ3n) is 1.86. The average molecular weight is 215 g/mol. The van der Waals surface area contributed by atoms with Crippen LogP contribution in [0.4, 0.5) is 14.5 Å². The molecule has 0 atom stereocenters. The standard InChI is InChI=1S/C11H15F2NO/c1-2-7-15-8-6-14-11-9(12)4-3-5-10(11)13/h3-5,14H,2,6-8H2,1H3. The van der Waals surface area contributed by atoms with Crippen molar-refractivity contribution in [3.63, 3.8) is 0 Å². The fraction of sp³-hybridized carbons (Fsp3) is 0.455. The van der Waals surface area contributed by atoms with Gasteiger partial charge in [-0.25, -0.2) is 8.78 Å². The molecular weight excluding hydrogens is 200 g/mol. The van der Waals surface area contributed by atoms with Crippen molar-refractivity contribution in [3.8, 4) is 0 Å². The third kappa shape index (κ3) is 3.83. The van der Waals surface area contributed by atoms with E-state index in [4.69, 9.17) is 4.74 Å². The first-order chi connectivity index (χ1) is 7.25. The summed E-state index contributed by atoms with van der Waals surface area (Å²) in [7, 11) is 0. The Labute approximate surface area is 88.3 Å². The molecule has 4 heteroatoms. The Morgan fingerprint density at radius 3 is 2.47 bits per heavy atom. The van der Waals surface area contributed by atoms with Gasteiger partial charge in [-0.2, -0.15) is 0 Å². The van der Waals surface area contributed by atoms with Crippen LogP contribution in [0, 0.1) is 11.6 Å². The molecule has 0 aliphatic rings. The highest BCUT2D eigenvalue weighted by Crippen LogP contribution is 2.17. The van der Waals surface area contributed by atoms with Crippen LogP contribution in [0.2, 0.25) is 0 Å². The van der Waals surface area contributed by atoms with Crippen molar-refractivity contribution < 1.29 is 13.5 Å². The van der Waals surface area contributed by atoms with E-state index in [1.54, 1.807) is 0 Å². The number of para-hydroxylation sites is 1. The van der Waals surface area contributed by atoms with Crippen LogP contribution < -0.4 is 5.32 Å². The number of benzene rings is 1. The van der Waals surface area contributed by atoms with Gasteiger partial charge < -0.3 is 10.1 Å². The lowest BCUT2D eigenvalue weighted by atomic mass is 10.3. The lowest BCUT2D eigenvalue weighted by Crippen LogP contribution is -2.11. The Bertz CT molecular complexity index is 284. The minimum Gasteiger partial charge on any atom is -0.380 e. The molecule has 0 radical (unpaired) electrons. The molecule has 1 N–H and O–H groups in total. The number of halogens is 2. The molecule has 0 bridgehead atoms. The molecule has 15 heavy (non-hydrogen) atoms. The summed E-state index contributed by atoms with van der Waals surface area (Å²) in [6.45, 7) is 3.52. The fourth-order valence-electron chi connectivity index (χ4n) is 1.16. The van der Waals surface area contributed by atoms with Crippen LogP contribution >= 0.6 is 0 Å². The van der Waals surface area contributed by atoms with E-state index in [1.165, 1.54) is 18.2 Å². The normalized spacial score (nSPS) is 10.3. The molecule has 1 aromatic rings. The fourth-order valence-corrected chi connectivity index (χ4v) is 1.16. The maximum absolute atomic E-state index is 13.1. The molecule has 84 valence electrons. The summed E-state index contributed by atoms with van der Waals surface area (Å²) < 4.78 is 31.3. The number of ether oxygens (including phenoxy) is 1. The molecule has 1 rings (SSSR count). The number of nitrogens with one attached hydrogen (secondary N) is 1. The molecule has 0 aliphatic carbocycles. The van der Waals surface area contributed by atoms with Crippen LogP contribution in [0.5, 0.6) is 0 Å². The zero-order chi connectivity index (χ0) is 11.1. The van der Waals surface area contributed by atoms with E-state index in [-0.39, 0.29) is 5.69 Å². The summed E-state index contributed by atoms with van der Waals surface area (Å²) >= 11 is 0. The number of hydrogen-bond donors (Lipinski definition) is 1. The summed E-state index contributed by atoms with van der Waals surface area (Å²) in [4.78, 5) is 0. The number of rotatable bonds is 6. The van der Waals surface area contributed by atoms with Gasteiger partial charge in [-0.1, -0.05) is 13.0 Å². The third-order valence-corrected chi connectivity index (χ3v) is 1.86. The molecule has 0 aliphatic heterocycles. The topological polar surface area (TPSA) is 21.3 Å². The van der Waals surface area contributed by atoms with E-state index in [9.17, 15) is 8.78 Å². The Morgan fingerprint density at radius 2 is 1.87 bits per heavy atom. The van der Waals surface area contributed by atoms with Gasteiger partial charge in [-0.05, 0) is 18.6 Å². The molecule has 0 saturated carbocycles. The zero-order valence-electron chi connectivity index (χ0n) is 8.72. The molecular formula is C11H15F2NO. The maximum Gasteiger partial charge on any atom is 0.149 e. The van der Waals surface area contributed by atoms with Crippen LogP contribution in [0.1, 0.15) is 13.3 Å². The van der Waals surface area contributed by atoms with Crippen LogP contribution in [0.3, 0.4) is 0 Å². The molecule has 0 amide bonds. The lowest BCUT2D eigenvalue weighted by Gasteiger charge is -2.08. The summed E-state index contributed by atoms with van der Waals surface area (Å²) in [6.07, 6.45) is 0.939. The second-order valence-corrected chi connectivity index (χ2v) is 3.14. The second-order valence-electron chi connectivity index (χ2n) is 3.14. The van der Waals surface area contributed by atoms with E-state index in [0.29, 0.717) is 19.8 Å². The molecule has 1 aromatic carbocycles. The van der Waals surface area contributed by atoms with E-state index in [2.05, 4.69) is 5.32 Å². The van der Waals surface area contributed by atoms with Gasteiger partial charge in [-0.3, -0.25) is 0 Å². The van der Waals surface area contributed by atoms with Gasteiger partial charge in [-0.15, -0.1) is 0 Å². The summed E-state index contributed by atoms with van der Waals surface area (Å²) in [6, 6.07) is 3.78. The average Bonchev–Trinajstić information content (AvgIpc) is 2.21. The number of hydrogen-bond acceptors (Lipinski definition) is 2. The van der Waals surface area contributed by atoms with Gasteiger partial charge in [0.05, 0.1) is 6.61 Å².